The van der Waals surface area contributed by atoms with Crippen LogP contribution in [0.1, 0.15) is 87.7 Å². The Kier molecular flexibility index (Phi) is 12.5. The molecule has 3 aromatic rings. The lowest BCUT2D eigenvalue weighted by atomic mass is 9.84. The number of nitrogens with zero attached hydrogens (tertiary/aromatic N) is 3. The van der Waals surface area contributed by atoms with E-state index < -0.39 is 29.7 Å². The molecule has 52 heavy (non-hydrogen) atoms. The molecule has 0 spiro atoms. The number of amides is 3. The number of hydrogen-bond donors (Lipinski definition) is 3. The zero-order valence-electron chi connectivity index (χ0n) is 30.9. The lowest BCUT2D eigenvalue weighted by molar-refractivity contribution is -0.140. The number of methoxy groups -OCH3 is 2. The predicted octanol–water partition coefficient (Wildman–Crippen LogP) is 5.60. The third-order valence-corrected chi connectivity index (χ3v) is 9.37. The van der Waals surface area contributed by atoms with E-state index in [4.69, 9.17) is 19.2 Å². The number of ether oxygens (including phenoxy) is 3. The van der Waals surface area contributed by atoms with Crippen molar-refractivity contribution in [1.82, 2.24) is 20.6 Å². The van der Waals surface area contributed by atoms with E-state index in [2.05, 4.69) is 25.8 Å². The highest BCUT2D eigenvalue weighted by Gasteiger charge is 2.46. The minimum atomic E-state index is -0.597. The lowest BCUT2D eigenvalue weighted by Crippen LogP contribution is -2.48. The summed E-state index contributed by atoms with van der Waals surface area (Å²) in [5, 5.41) is 8.77. The molecule has 13 nitrogen and oxygen atoms in total. The number of benzene rings is 2. The first-order valence-electron chi connectivity index (χ1n) is 17.9. The van der Waals surface area contributed by atoms with E-state index in [-0.39, 0.29) is 30.1 Å². The molecule has 2 aliphatic rings. The number of fused-ring (bicyclic) bond motifs is 1. The Balaban J connectivity index is 1.32. The van der Waals surface area contributed by atoms with Crippen LogP contribution in [0.2, 0.25) is 0 Å². The zero-order valence-corrected chi connectivity index (χ0v) is 30.9. The van der Waals surface area contributed by atoms with Gasteiger partial charge in [-0.2, -0.15) is 0 Å². The molecule has 0 bridgehead atoms. The van der Waals surface area contributed by atoms with Crippen LogP contribution in [0.4, 0.5) is 16.3 Å². The van der Waals surface area contributed by atoms with Crippen molar-refractivity contribution in [2.24, 2.45) is 5.92 Å². The quantitative estimate of drug-likeness (QED) is 0.159. The smallest absolute Gasteiger partial charge is 0.412 e. The number of carbonyl (C=O) groups excluding carboxylic acids is 4. The first kappa shape index (κ1) is 38.2. The van der Waals surface area contributed by atoms with Gasteiger partial charge in [-0.15, -0.1) is 0 Å². The molecule has 1 aromatic heterocycles. The molecular formula is C39H50N6O7. The topological polar surface area (TPSA) is 161 Å². The number of hydrogen-bond acceptors (Lipinski definition) is 10. The van der Waals surface area contributed by atoms with E-state index in [0.717, 1.165) is 36.8 Å². The van der Waals surface area contributed by atoms with E-state index in [9.17, 15) is 19.2 Å². The van der Waals surface area contributed by atoms with Gasteiger partial charge in [0.2, 0.25) is 5.91 Å². The van der Waals surface area contributed by atoms with Gasteiger partial charge >= 0.3 is 12.1 Å². The van der Waals surface area contributed by atoms with Gasteiger partial charge < -0.3 is 29.7 Å². The van der Waals surface area contributed by atoms with E-state index >= 15 is 0 Å². The fourth-order valence-electron chi connectivity index (χ4n) is 6.89. The van der Waals surface area contributed by atoms with Gasteiger partial charge in [0.1, 0.15) is 29.7 Å². The number of esters is 1. The molecule has 4 atom stereocenters. The van der Waals surface area contributed by atoms with Gasteiger partial charge in [0.15, 0.2) is 0 Å². The third kappa shape index (κ3) is 9.84. The molecule has 278 valence electrons. The summed E-state index contributed by atoms with van der Waals surface area (Å²) in [6.07, 6.45) is 4.20. The van der Waals surface area contributed by atoms with Crippen LogP contribution in [0.3, 0.4) is 0 Å². The lowest BCUT2D eigenvalue weighted by Gasteiger charge is -2.35. The van der Waals surface area contributed by atoms with Gasteiger partial charge in [0.25, 0.3) is 5.91 Å². The van der Waals surface area contributed by atoms with Crippen LogP contribution in [0, 0.1) is 5.92 Å². The second kappa shape index (κ2) is 17.0. The van der Waals surface area contributed by atoms with Crippen LogP contribution < -0.4 is 20.9 Å². The first-order chi connectivity index (χ1) is 24.8. The van der Waals surface area contributed by atoms with Crippen LogP contribution in [-0.4, -0.2) is 78.9 Å². The zero-order chi connectivity index (χ0) is 37.4. The highest BCUT2D eigenvalue weighted by Crippen LogP contribution is 2.42. The molecule has 2 heterocycles. The van der Waals surface area contributed by atoms with Crippen LogP contribution in [0.25, 0.3) is 11.1 Å². The van der Waals surface area contributed by atoms with Crippen molar-refractivity contribution in [3.05, 3.63) is 71.7 Å². The van der Waals surface area contributed by atoms with Crippen molar-refractivity contribution >= 4 is 35.4 Å². The number of aromatic nitrogens is 2. The highest BCUT2D eigenvalue weighted by molar-refractivity contribution is 5.95. The van der Waals surface area contributed by atoms with Gasteiger partial charge in [-0.25, -0.2) is 14.8 Å². The molecule has 3 amide bonds. The SMILES string of the molecule is COCCNC(=O)[C@@H]1C[C@@H]2CCCC[C@@H]2N1c1cc([C@H](C)NC(=O)c2ccc(-c3ccc(NC(=O)OC(C)(C)C)cc3)cc2)nc(CC(=O)OC)n1. The van der Waals surface area contributed by atoms with Gasteiger partial charge in [-0.1, -0.05) is 37.1 Å². The molecule has 0 radical (unpaired) electrons. The Morgan fingerprint density at radius 1 is 0.942 bits per heavy atom. The van der Waals surface area contributed by atoms with E-state index in [1.807, 2.05) is 37.3 Å². The fraction of sp³-hybridized carbons (Fsp3) is 0.487. The van der Waals surface area contributed by atoms with E-state index in [1.54, 1.807) is 52.1 Å². The van der Waals surface area contributed by atoms with Crippen molar-refractivity contribution in [3.63, 3.8) is 0 Å². The van der Waals surface area contributed by atoms with Gasteiger partial charge in [0.05, 0.1) is 25.5 Å². The number of carbonyl (C=O) groups is 4. The maximum absolute atomic E-state index is 13.5. The molecule has 1 aliphatic carbocycles. The van der Waals surface area contributed by atoms with E-state index in [1.165, 1.54) is 7.11 Å². The van der Waals surface area contributed by atoms with Gasteiger partial charge in [-0.3, -0.25) is 19.7 Å². The average Bonchev–Trinajstić information content (AvgIpc) is 3.51. The molecule has 1 saturated heterocycles. The summed E-state index contributed by atoms with van der Waals surface area (Å²) in [6, 6.07) is 15.5. The van der Waals surface area contributed by atoms with Crippen molar-refractivity contribution in [2.45, 2.75) is 89.9 Å². The Hall–Kier alpha value is -5.04. The molecular weight excluding hydrogens is 664 g/mol. The molecule has 3 N–H and O–H groups in total. The van der Waals surface area contributed by atoms with Gasteiger partial charge in [-0.05, 0) is 88.3 Å². The second-order valence-corrected chi connectivity index (χ2v) is 14.4. The largest absolute Gasteiger partial charge is 0.469 e. The first-order valence-corrected chi connectivity index (χ1v) is 17.9. The van der Waals surface area contributed by atoms with Crippen molar-refractivity contribution in [1.29, 1.82) is 0 Å². The Morgan fingerprint density at radius 2 is 1.62 bits per heavy atom. The van der Waals surface area contributed by atoms with Crippen molar-refractivity contribution in [2.75, 3.05) is 37.6 Å². The Morgan fingerprint density at radius 3 is 2.27 bits per heavy atom. The summed E-state index contributed by atoms with van der Waals surface area (Å²) in [5.74, 6) is 0.299. The third-order valence-electron chi connectivity index (χ3n) is 9.37. The number of anilines is 2. The average molecular weight is 715 g/mol. The summed E-state index contributed by atoms with van der Waals surface area (Å²) >= 11 is 0. The summed E-state index contributed by atoms with van der Waals surface area (Å²) < 4.78 is 15.4. The van der Waals surface area contributed by atoms with Crippen molar-refractivity contribution in [3.8, 4) is 11.1 Å². The van der Waals surface area contributed by atoms with Crippen LogP contribution in [0.15, 0.2) is 54.6 Å². The molecule has 5 rings (SSSR count). The maximum Gasteiger partial charge on any atom is 0.412 e. The second-order valence-electron chi connectivity index (χ2n) is 14.4. The molecule has 2 fully saturated rings. The van der Waals surface area contributed by atoms with Crippen LogP contribution in [0.5, 0.6) is 0 Å². The molecule has 13 heteroatoms. The highest BCUT2D eigenvalue weighted by atomic mass is 16.6. The summed E-state index contributed by atoms with van der Waals surface area (Å²) in [6.45, 7) is 8.06. The number of nitrogens with one attached hydrogen (secondary N) is 3. The molecule has 1 aliphatic heterocycles. The fourth-order valence-corrected chi connectivity index (χ4v) is 6.89. The molecule has 0 unspecified atom stereocenters. The normalized spacial score (nSPS) is 18.9. The minimum Gasteiger partial charge on any atom is -0.469 e. The summed E-state index contributed by atoms with van der Waals surface area (Å²) in [4.78, 5) is 63.0. The van der Waals surface area contributed by atoms with Crippen LogP contribution in [-0.2, 0) is 30.2 Å². The molecule has 1 saturated carbocycles. The van der Waals surface area contributed by atoms with Gasteiger partial charge in [0, 0.05) is 37.0 Å². The van der Waals surface area contributed by atoms with Crippen molar-refractivity contribution < 1.29 is 33.4 Å². The molecule has 2 aromatic carbocycles. The predicted molar refractivity (Wildman–Crippen MR) is 197 cm³/mol. The van der Waals surface area contributed by atoms with E-state index in [0.29, 0.717) is 48.3 Å². The Labute approximate surface area is 305 Å². The monoisotopic (exact) mass is 714 g/mol. The summed E-state index contributed by atoms with van der Waals surface area (Å²) in [7, 11) is 2.91. The Bertz CT molecular complexity index is 1720. The summed E-state index contributed by atoms with van der Waals surface area (Å²) in [5.41, 5.74) is 2.80. The number of rotatable bonds is 12. The maximum atomic E-state index is 13.5. The standard InChI is InChI=1S/C39H50N6O7/c1-24(41-36(47)27-13-11-25(12-14-27)26-15-17-29(18-16-26)42-38(49)52-39(2,3)4)30-22-34(44-33(43-30)23-35(46)51-6)45-31-10-8-7-9-28(31)21-32(45)37(48)40-19-20-50-5/h11-18,22,24,28,31-32H,7-10,19-21,23H2,1-6H3,(H,40,48)(H,41,47)(H,42,49)/t24-,28-,31-,32-/m0/s1. The van der Waals surface area contributed by atoms with Crippen LogP contribution >= 0.6 is 0 Å². The minimum absolute atomic E-state index is 0.0839.